The lowest BCUT2D eigenvalue weighted by atomic mass is 10.1. The molecule has 26 heavy (non-hydrogen) atoms. The van der Waals surface area contributed by atoms with Crippen molar-refractivity contribution in [2.75, 3.05) is 6.54 Å². The highest BCUT2D eigenvalue weighted by molar-refractivity contribution is 5.96. The molecule has 0 aromatic carbocycles. The van der Waals surface area contributed by atoms with Gasteiger partial charge >= 0.3 is 0 Å². The van der Waals surface area contributed by atoms with Crippen molar-refractivity contribution in [1.82, 2.24) is 19.3 Å². The fourth-order valence-electron chi connectivity index (χ4n) is 2.97. The highest BCUT2D eigenvalue weighted by Gasteiger charge is 2.17. The lowest BCUT2D eigenvalue weighted by molar-refractivity contribution is 0.0946. The van der Waals surface area contributed by atoms with Gasteiger partial charge in [-0.15, -0.1) is 0 Å². The predicted octanol–water partition coefficient (Wildman–Crippen LogP) is 1.84. The number of aromatic nitrogens is 3. The summed E-state index contributed by atoms with van der Waals surface area (Å²) in [5.74, 6) is -0.0485. The number of fused-ring (bicyclic) bond motifs is 2. The van der Waals surface area contributed by atoms with Crippen LogP contribution >= 0.6 is 0 Å². The Labute approximate surface area is 150 Å². The molecule has 7 heteroatoms. The van der Waals surface area contributed by atoms with E-state index in [1.165, 1.54) is 10.5 Å². The molecule has 0 bridgehead atoms. The van der Waals surface area contributed by atoms with Crippen molar-refractivity contribution in [2.24, 2.45) is 5.92 Å². The number of amides is 1. The summed E-state index contributed by atoms with van der Waals surface area (Å²) < 4.78 is 3.09. The highest BCUT2D eigenvalue weighted by atomic mass is 16.1. The van der Waals surface area contributed by atoms with Crippen LogP contribution in [0.3, 0.4) is 0 Å². The molecule has 3 aromatic rings. The molecule has 0 aliphatic heterocycles. The van der Waals surface area contributed by atoms with Gasteiger partial charge in [0.2, 0.25) is 0 Å². The molecule has 0 saturated carbocycles. The molecule has 3 rings (SSSR count). The number of carbonyl (C=O) groups excluding carboxylic acids is 1. The number of aryl methyl sites for hydroxylation is 2. The molecule has 136 valence electrons. The van der Waals surface area contributed by atoms with Gasteiger partial charge in [0.1, 0.15) is 16.8 Å². The van der Waals surface area contributed by atoms with Gasteiger partial charge in [-0.2, -0.15) is 0 Å². The Morgan fingerprint density at radius 2 is 2.08 bits per heavy atom. The van der Waals surface area contributed by atoms with Gasteiger partial charge in [0, 0.05) is 19.3 Å². The number of hydrogen-bond acceptors (Lipinski definition) is 4. The van der Waals surface area contributed by atoms with Crippen molar-refractivity contribution >= 4 is 22.6 Å². The first-order chi connectivity index (χ1) is 12.3. The van der Waals surface area contributed by atoms with Crippen LogP contribution in [0.15, 0.2) is 29.2 Å². The van der Waals surface area contributed by atoms with Crippen LogP contribution in [0, 0.1) is 18.3 Å². The monoisotopic (exact) mass is 353 g/mol. The summed E-state index contributed by atoms with van der Waals surface area (Å²) in [5.41, 5.74) is 1.87. The molecular weight excluding hydrogens is 330 g/mol. The molecule has 0 unspecified atom stereocenters. The molecule has 1 amide bonds. The smallest absolute Gasteiger partial charge is 0.267 e. The zero-order valence-electron chi connectivity index (χ0n) is 15.5. The summed E-state index contributed by atoms with van der Waals surface area (Å²) in [7, 11) is 0. The zero-order valence-corrected chi connectivity index (χ0v) is 15.5. The van der Waals surface area contributed by atoms with Gasteiger partial charge in [0.05, 0.1) is 10.9 Å². The van der Waals surface area contributed by atoms with Crippen LogP contribution < -0.4 is 16.4 Å². The minimum Gasteiger partial charge on any atom is -0.352 e. The van der Waals surface area contributed by atoms with Gasteiger partial charge in [-0.3, -0.25) is 19.4 Å². The van der Waals surface area contributed by atoms with E-state index in [9.17, 15) is 9.59 Å². The number of pyridine rings is 2. The fourth-order valence-corrected chi connectivity index (χ4v) is 2.97. The third kappa shape index (κ3) is 2.89. The summed E-state index contributed by atoms with van der Waals surface area (Å²) in [6.07, 6.45) is 1.67. The maximum atomic E-state index is 13.0. The van der Waals surface area contributed by atoms with Crippen LogP contribution in [0.25, 0.3) is 16.7 Å². The molecule has 3 aromatic heterocycles. The minimum atomic E-state index is -0.346. The van der Waals surface area contributed by atoms with E-state index in [0.29, 0.717) is 35.7 Å². The molecule has 0 fully saturated rings. The zero-order chi connectivity index (χ0) is 19.0. The first-order valence-electron chi connectivity index (χ1n) is 8.73. The number of carbonyl (C=O) groups is 1. The quantitative estimate of drug-likeness (QED) is 0.701. The predicted molar refractivity (Wildman–Crippen MR) is 100 cm³/mol. The first-order valence-corrected chi connectivity index (χ1v) is 8.73. The molecule has 3 heterocycles. The van der Waals surface area contributed by atoms with Crippen LogP contribution in [0.4, 0.5) is 0 Å². The van der Waals surface area contributed by atoms with Crippen LogP contribution in [0.2, 0.25) is 0 Å². The van der Waals surface area contributed by atoms with Crippen molar-refractivity contribution in [1.29, 1.82) is 5.41 Å². The molecule has 0 atom stereocenters. The number of nitrogens with one attached hydrogen (secondary N) is 2. The summed E-state index contributed by atoms with van der Waals surface area (Å²) in [5, 5.41) is 11.6. The Morgan fingerprint density at radius 3 is 2.73 bits per heavy atom. The van der Waals surface area contributed by atoms with Crippen LogP contribution in [-0.2, 0) is 6.54 Å². The summed E-state index contributed by atoms with van der Waals surface area (Å²) in [6.45, 7) is 8.71. The molecule has 0 aliphatic rings. The fraction of sp³-hybridized carbons (Fsp3) is 0.368. The molecule has 7 nitrogen and oxygen atoms in total. The maximum absolute atomic E-state index is 13.0. The Hall–Kier alpha value is -2.96. The molecule has 0 spiro atoms. The van der Waals surface area contributed by atoms with E-state index in [1.54, 1.807) is 16.8 Å². The standard InChI is InChI=1S/C19H23N5O2/c1-5-23-15(20)13(18(25)21-10-11(2)3)9-14-17(23)22-16-12(4)7-6-8-24(16)19(14)26/h6-9,11,20H,5,10H2,1-4H3,(H,21,25). The second kappa shape index (κ2) is 6.74. The van der Waals surface area contributed by atoms with Gasteiger partial charge in [-0.25, -0.2) is 4.98 Å². The van der Waals surface area contributed by atoms with Crippen molar-refractivity contribution in [3.63, 3.8) is 0 Å². The summed E-state index contributed by atoms with van der Waals surface area (Å²) in [6, 6.07) is 5.17. The maximum Gasteiger partial charge on any atom is 0.267 e. The molecule has 2 N–H and O–H groups in total. The Balaban J connectivity index is 2.34. The topological polar surface area (TPSA) is 92.2 Å². The number of hydrogen-bond donors (Lipinski definition) is 2. The van der Waals surface area contributed by atoms with Crippen molar-refractivity contribution in [2.45, 2.75) is 34.2 Å². The van der Waals surface area contributed by atoms with Gasteiger partial charge in [0.15, 0.2) is 0 Å². The Morgan fingerprint density at radius 1 is 1.35 bits per heavy atom. The lowest BCUT2D eigenvalue weighted by Crippen LogP contribution is -2.36. The molecule has 0 aliphatic carbocycles. The Bertz CT molecular complexity index is 1120. The second-order valence-electron chi connectivity index (χ2n) is 6.79. The Kier molecular flexibility index (Phi) is 4.63. The van der Waals surface area contributed by atoms with Crippen molar-refractivity contribution < 1.29 is 4.79 Å². The second-order valence-corrected chi connectivity index (χ2v) is 6.79. The van der Waals surface area contributed by atoms with Crippen LogP contribution in [0.1, 0.15) is 36.7 Å². The first kappa shape index (κ1) is 17.8. The lowest BCUT2D eigenvalue weighted by Gasteiger charge is -2.14. The third-order valence-corrected chi connectivity index (χ3v) is 4.37. The third-order valence-electron chi connectivity index (χ3n) is 4.37. The van der Waals surface area contributed by atoms with E-state index in [0.717, 1.165) is 5.56 Å². The van der Waals surface area contributed by atoms with Gasteiger partial charge in [-0.05, 0) is 37.5 Å². The number of rotatable bonds is 4. The summed E-state index contributed by atoms with van der Waals surface area (Å²) in [4.78, 5) is 30.1. The van der Waals surface area contributed by atoms with E-state index in [1.807, 2.05) is 33.8 Å². The van der Waals surface area contributed by atoms with Crippen LogP contribution in [-0.4, -0.2) is 26.4 Å². The average Bonchev–Trinajstić information content (AvgIpc) is 2.60. The largest absolute Gasteiger partial charge is 0.352 e. The normalized spacial score (nSPS) is 11.4. The van der Waals surface area contributed by atoms with E-state index in [4.69, 9.17) is 5.41 Å². The van der Waals surface area contributed by atoms with Gasteiger partial charge in [-0.1, -0.05) is 19.9 Å². The van der Waals surface area contributed by atoms with Crippen molar-refractivity contribution in [3.05, 3.63) is 51.4 Å². The average molecular weight is 353 g/mol. The van der Waals surface area contributed by atoms with E-state index >= 15 is 0 Å². The molecule has 0 radical (unpaired) electrons. The van der Waals surface area contributed by atoms with E-state index < -0.39 is 0 Å². The molecular formula is C19H23N5O2. The minimum absolute atomic E-state index is 0.0612. The van der Waals surface area contributed by atoms with Crippen molar-refractivity contribution in [3.8, 4) is 0 Å². The number of nitrogens with zero attached hydrogens (tertiary/aromatic N) is 3. The van der Waals surface area contributed by atoms with Crippen LogP contribution in [0.5, 0.6) is 0 Å². The van der Waals surface area contributed by atoms with Gasteiger partial charge < -0.3 is 9.88 Å². The SMILES string of the molecule is CCn1c(=N)c(C(=O)NCC(C)C)cc2c(=O)n3cccc(C)c3nc21. The van der Waals surface area contributed by atoms with E-state index in [2.05, 4.69) is 10.3 Å². The molecule has 0 saturated heterocycles. The highest BCUT2D eigenvalue weighted by Crippen LogP contribution is 2.12. The van der Waals surface area contributed by atoms with Gasteiger partial charge in [0.25, 0.3) is 11.5 Å². The van der Waals surface area contributed by atoms with E-state index in [-0.39, 0.29) is 22.5 Å². The summed E-state index contributed by atoms with van der Waals surface area (Å²) >= 11 is 0.